The maximum absolute atomic E-state index is 11.8. The van der Waals surface area contributed by atoms with Gasteiger partial charge in [0.1, 0.15) is 0 Å². The number of benzene rings is 1. The molecule has 0 radical (unpaired) electrons. The van der Waals surface area contributed by atoms with Gasteiger partial charge < -0.3 is 10.6 Å². The zero-order valence-electron chi connectivity index (χ0n) is 11.3. The highest BCUT2D eigenvalue weighted by Gasteiger charge is 2.14. The molecule has 108 valence electrons. The van der Waals surface area contributed by atoms with Crippen LogP contribution in [0.3, 0.4) is 0 Å². The highest BCUT2D eigenvalue weighted by atomic mass is 32.2. The van der Waals surface area contributed by atoms with Crippen LogP contribution in [0.1, 0.15) is 5.56 Å². The van der Waals surface area contributed by atoms with Gasteiger partial charge in [-0.25, -0.2) is 0 Å². The van der Waals surface area contributed by atoms with Gasteiger partial charge in [-0.3, -0.25) is 0 Å². The number of nitrogens with one attached hydrogen (secondary N) is 3. The first-order valence-electron chi connectivity index (χ1n) is 6.14. The summed E-state index contributed by atoms with van der Waals surface area (Å²) in [6.45, 7) is 4.62. The van der Waals surface area contributed by atoms with Gasteiger partial charge in [0, 0.05) is 26.2 Å². The lowest BCUT2D eigenvalue weighted by Gasteiger charge is -2.07. The summed E-state index contributed by atoms with van der Waals surface area (Å²) in [7, 11) is -1.85. The molecule has 0 amide bonds. The summed E-state index contributed by atoms with van der Waals surface area (Å²) in [5, 5.41) is 6.12. The largest absolute Gasteiger partial charge is 0.318 e. The molecule has 0 spiro atoms. The maximum Gasteiger partial charge on any atom is 0.312 e. The fourth-order valence-electron chi connectivity index (χ4n) is 1.35. The van der Waals surface area contributed by atoms with Gasteiger partial charge in [-0.05, 0) is 26.1 Å². The van der Waals surface area contributed by atoms with Gasteiger partial charge in [0.05, 0.1) is 4.90 Å². The predicted octanol–water partition coefficient (Wildman–Crippen LogP) is 0.0139. The average molecular weight is 287 g/mol. The standard InChI is InChI=1S/C12H21N3O3S/c1-11-3-5-12(6-4-11)19(16,17)18-15-10-9-14-8-7-13-2/h3-6,13-15H,7-10H2,1-2H3. The molecule has 0 aliphatic carbocycles. The summed E-state index contributed by atoms with van der Waals surface area (Å²) >= 11 is 0. The Morgan fingerprint density at radius 2 is 1.68 bits per heavy atom. The van der Waals surface area contributed by atoms with Crippen molar-refractivity contribution in [3.63, 3.8) is 0 Å². The molecule has 6 nitrogen and oxygen atoms in total. The Kier molecular flexibility index (Phi) is 6.96. The van der Waals surface area contributed by atoms with Crippen molar-refractivity contribution in [3.05, 3.63) is 29.8 Å². The lowest BCUT2D eigenvalue weighted by Crippen LogP contribution is -2.32. The number of aryl methyl sites for hydroxylation is 1. The maximum atomic E-state index is 11.8. The minimum absolute atomic E-state index is 0.147. The van der Waals surface area contributed by atoms with Gasteiger partial charge in [-0.1, -0.05) is 17.7 Å². The molecule has 0 aliphatic rings. The van der Waals surface area contributed by atoms with Crippen LogP contribution in [-0.2, 0) is 14.4 Å². The molecule has 1 aromatic carbocycles. The molecule has 0 heterocycles. The molecule has 0 fully saturated rings. The number of likely N-dealkylation sites (N-methyl/N-ethyl adjacent to an activating group) is 1. The smallest absolute Gasteiger partial charge is 0.312 e. The number of rotatable bonds is 9. The first-order valence-corrected chi connectivity index (χ1v) is 7.55. The first-order chi connectivity index (χ1) is 9.06. The van der Waals surface area contributed by atoms with Crippen LogP contribution in [0, 0.1) is 6.92 Å². The Bertz CT molecular complexity index is 460. The highest BCUT2D eigenvalue weighted by Crippen LogP contribution is 2.11. The van der Waals surface area contributed by atoms with Crippen LogP contribution in [0.5, 0.6) is 0 Å². The molecule has 0 aromatic heterocycles. The molecule has 7 heteroatoms. The molecule has 0 saturated carbocycles. The predicted molar refractivity (Wildman–Crippen MR) is 74.2 cm³/mol. The normalized spacial score (nSPS) is 11.7. The molecular formula is C12H21N3O3S. The molecule has 0 unspecified atom stereocenters. The SMILES string of the molecule is CNCCNCCNOS(=O)(=O)c1ccc(C)cc1. The van der Waals surface area contributed by atoms with Gasteiger partial charge in [-0.15, -0.1) is 0 Å². The molecule has 1 aromatic rings. The van der Waals surface area contributed by atoms with Gasteiger partial charge in [0.25, 0.3) is 0 Å². The van der Waals surface area contributed by atoms with E-state index in [2.05, 4.69) is 16.1 Å². The molecule has 19 heavy (non-hydrogen) atoms. The molecule has 0 aliphatic heterocycles. The zero-order chi connectivity index (χ0) is 14.1. The summed E-state index contributed by atoms with van der Waals surface area (Å²) in [6.07, 6.45) is 0. The van der Waals surface area contributed by atoms with Crippen molar-refractivity contribution in [1.82, 2.24) is 16.1 Å². The molecule has 0 saturated heterocycles. The number of hydrogen-bond donors (Lipinski definition) is 3. The van der Waals surface area contributed by atoms with Crippen molar-refractivity contribution in [2.75, 3.05) is 33.2 Å². The van der Waals surface area contributed by atoms with E-state index in [0.29, 0.717) is 13.1 Å². The lowest BCUT2D eigenvalue weighted by atomic mass is 10.2. The van der Waals surface area contributed by atoms with Crippen molar-refractivity contribution in [2.24, 2.45) is 0 Å². The van der Waals surface area contributed by atoms with Gasteiger partial charge in [0.15, 0.2) is 0 Å². The molecular weight excluding hydrogens is 266 g/mol. The number of hydrogen-bond acceptors (Lipinski definition) is 6. The van der Waals surface area contributed by atoms with E-state index in [1.807, 2.05) is 14.0 Å². The Morgan fingerprint density at radius 1 is 1.05 bits per heavy atom. The third kappa shape index (κ3) is 6.13. The average Bonchev–Trinajstić information content (AvgIpc) is 2.38. The first kappa shape index (κ1) is 16.1. The quantitative estimate of drug-likeness (QED) is 0.439. The van der Waals surface area contributed by atoms with E-state index >= 15 is 0 Å². The Balaban J connectivity index is 2.29. The van der Waals surface area contributed by atoms with Crippen molar-refractivity contribution >= 4 is 10.1 Å². The second-order valence-electron chi connectivity index (χ2n) is 4.10. The summed E-state index contributed by atoms with van der Waals surface area (Å²) in [5.74, 6) is 0. The van der Waals surface area contributed by atoms with Crippen molar-refractivity contribution in [1.29, 1.82) is 0 Å². The summed E-state index contributed by atoms with van der Waals surface area (Å²) in [4.78, 5) is 0.147. The second kappa shape index (κ2) is 8.23. The molecule has 0 bridgehead atoms. The van der Waals surface area contributed by atoms with Crippen LogP contribution in [0.25, 0.3) is 0 Å². The fourth-order valence-corrected chi connectivity index (χ4v) is 2.15. The summed E-state index contributed by atoms with van der Waals surface area (Å²) < 4.78 is 28.3. The highest BCUT2D eigenvalue weighted by molar-refractivity contribution is 7.86. The van der Waals surface area contributed by atoms with E-state index in [-0.39, 0.29) is 4.90 Å². The zero-order valence-corrected chi connectivity index (χ0v) is 12.1. The van der Waals surface area contributed by atoms with Crippen LogP contribution in [0.4, 0.5) is 0 Å². The van der Waals surface area contributed by atoms with E-state index < -0.39 is 10.1 Å². The van der Waals surface area contributed by atoms with Crippen LogP contribution >= 0.6 is 0 Å². The monoisotopic (exact) mass is 287 g/mol. The molecule has 3 N–H and O–H groups in total. The third-order valence-corrected chi connectivity index (χ3v) is 3.62. The Labute approximate surface area is 114 Å². The summed E-state index contributed by atoms with van der Waals surface area (Å²) in [5.41, 5.74) is 3.45. The fraction of sp³-hybridized carbons (Fsp3) is 0.500. The Hall–Kier alpha value is -0.990. The van der Waals surface area contributed by atoms with E-state index in [1.165, 1.54) is 12.1 Å². The van der Waals surface area contributed by atoms with E-state index in [4.69, 9.17) is 4.28 Å². The van der Waals surface area contributed by atoms with Crippen LogP contribution < -0.4 is 16.1 Å². The van der Waals surface area contributed by atoms with E-state index in [9.17, 15) is 8.42 Å². The van der Waals surface area contributed by atoms with E-state index in [0.717, 1.165) is 18.7 Å². The molecule has 1 rings (SSSR count). The van der Waals surface area contributed by atoms with Gasteiger partial charge in [0.2, 0.25) is 0 Å². The topological polar surface area (TPSA) is 79.5 Å². The van der Waals surface area contributed by atoms with E-state index in [1.54, 1.807) is 12.1 Å². The van der Waals surface area contributed by atoms with Crippen molar-refractivity contribution in [2.45, 2.75) is 11.8 Å². The second-order valence-corrected chi connectivity index (χ2v) is 5.64. The minimum atomic E-state index is -3.73. The van der Waals surface area contributed by atoms with Gasteiger partial charge in [-0.2, -0.15) is 18.2 Å². The summed E-state index contributed by atoms with van der Waals surface area (Å²) in [6, 6.07) is 6.51. The Morgan fingerprint density at radius 3 is 2.32 bits per heavy atom. The molecule has 0 atom stereocenters. The number of hydroxylamine groups is 1. The van der Waals surface area contributed by atoms with Crippen LogP contribution in [-0.4, -0.2) is 41.6 Å². The van der Waals surface area contributed by atoms with Crippen LogP contribution in [0.15, 0.2) is 29.2 Å². The minimum Gasteiger partial charge on any atom is -0.318 e. The van der Waals surface area contributed by atoms with Crippen molar-refractivity contribution < 1.29 is 12.7 Å². The third-order valence-electron chi connectivity index (χ3n) is 2.43. The van der Waals surface area contributed by atoms with Crippen molar-refractivity contribution in [3.8, 4) is 0 Å². The van der Waals surface area contributed by atoms with Gasteiger partial charge >= 0.3 is 10.1 Å². The lowest BCUT2D eigenvalue weighted by molar-refractivity contribution is 0.204. The van der Waals surface area contributed by atoms with Crippen LogP contribution in [0.2, 0.25) is 0 Å².